The fourth-order valence-electron chi connectivity index (χ4n) is 2.32. The quantitative estimate of drug-likeness (QED) is 0.626. The number of anilines is 1. The molecular weight excluding hydrogens is 298 g/mol. The predicted molar refractivity (Wildman–Crippen MR) is 95.0 cm³/mol. The number of nitrogens with zero attached hydrogens (tertiary/aromatic N) is 4. The normalized spacial score (nSPS) is 9.83. The van der Waals surface area contributed by atoms with Gasteiger partial charge in [-0.1, -0.05) is 55.5 Å². The molecule has 0 aliphatic carbocycles. The Kier molecular flexibility index (Phi) is 6.52. The van der Waals surface area contributed by atoms with Crippen molar-refractivity contribution in [3.63, 3.8) is 0 Å². The van der Waals surface area contributed by atoms with E-state index >= 15 is 0 Å². The van der Waals surface area contributed by atoms with Crippen LogP contribution in [0.4, 0.5) is 5.69 Å². The van der Waals surface area contributed by atoms with Gasteiger partial charge in [0, 0.05) is 13.1 Å². The van der Waals surface area contributed by atoms with Gasteiger partial charge in [0.2, 0.25) is 5.71 Å². The van der Waals surface area contributed by atoms with E-state index in [0.29, 0.717) is 0 Å². The Hall–Kier alpha value is -3.15. The van der Waals surface area contributed by atoms with Crippen LogP contribution in [0.15, 0.2) is 59.7 Å². The van der Waals surface area contributed by atoms with Gasteiger partial charge in [0.15, 0.2) is 0 Å². The van der Waals surface area contributed by atoms with Crippen LogP contribution in [-0.4, -0.2) is 17.2 Å². The largest absolute Gasteiger partial charge is 0.295 e. The highest BCUT2D eigenvalue weighted by Gasteiger charge is 2.08. The van der Waals surface area contributed by atoms with Gasteiger partial charge in [-0.05, 0) is 23.7 Å². The molecule has 2 aromatic carbocycles. The number of hydrogen-bond acceptors (Lipinski definition) is 5. The summed E-state index contributed by atoms with van der Waals surface area (Å²) in [5.74, 6) is 0. The molecule has 0 fully saturated rings. The highest BCUT2D eigenvalue weighted by Crippen LogP contribution is 2.18. The van der Waals surface area contributed by atoms with E-state index in [1.54, 1.807) is 12.1 Å². The van der Waals surface area contributed by atoms with Crippen LogP contribution in [0.1, 0.15) is 18.1 Å². The van der Waals surface area contributed by atoms with Crippen molar-refractivity contribution in [2.45, 2.75) is 20.0 Å². The van der Waals surface area contributed by atoms with Crippen molar-refractivity contribution in [2.75, 3.05) is 12.0 Å². The van der Waals surface area contributed by atoms with Gasteiger partial charge in [-0.15, -0.1) is 0 Å². The Labute approximate surface area is 142 Å². The Morgan fingerprint density at radius 1 is 1.00 bits per heavy atom. The molecule has 0 bridgehead atoms. The SMILES string of the molecule is CCN(Cc1ccccc1)Cc1ccccc1NN=C(C#N)C#N. The monoisotopic (exact) mass is 317 g/mol. The Balaban J connectivity index is 2.12. The van der Waals surface area contributed by atoms with Gasteiger partial charge in [0.1, 0.15) is 12.1 Å². The van der Waals surface area contributed by atoms with Gasteiger partial charge < -0.3 is 0 Å². The second kappa shape index (κ2) is 9.09. The number of rotatable bonds is 7. The molecule has 0 spiro atoms. The highest BCUT2D eigenvalue weighted by atomic mass is 15.3. The smallest absolute Gasteiger partial charge is 0.237 e. The summed E-state index contributed by atoms with van der Waals surface area (Å²) in [7, 11) is 0. The van der Waals surface area contributed by atoms with Crippen molar-refractivity contribution in [1.29, 1.82) is 10.5 Å². The Morgan fingerprint density at radius 2 is 1.67 bits per heavy atom. The van der Waals surface area contributed by atoms with Gasteiger partial charge >= 0.3 is 0 Å². The third-order valence-corrected chi connectivity index (χ3v) is 3.61. The molecule has 120 valence electrons. The number of hydrazone groups is 1. The number of hydrogen-bond donors (Lipinski definition) is 1. The van der Waals surface area contributed by atoms with E-state index in [4.69, 9.17) is 10.5 Å². The molecule has 0 heterocycles. The van der Waals surface area contributed by atoms with E-state index < -0.39 is 0 Å². The van der Waals surface area contributed by atoms with Gasteiger partial charge in [-0.2, -0.15) is 15.6 Å². The molecule has 0 unspecified atom stereocenters. The molecule has 24 heavy (non-hydrogen) atoms. The number of nitrogens with one attached hydrogen (secondary N) is 1. The molecule has 1 N–H and O–H groups in total. The Morgan fingerprint density at radius 3 is 2.33 bits per heavy atom. The molecule has 0 aliphatic heterocycles. The molecule has 0 aliphatic rings. The summed E-state index contributed by atoms with van der Waals surface area (Å²) in [6.45, 7) is 4.64. The molecule has 5 heteroatoms. The molecule has 5 nitrogen and oxygen atoms in total. The van der Waals surface area contributed by atoms with E-state index in [2.05, 4.69) is 34.5 Å². The van der Waals surface area contributed by atoms with Gasteiger partial charge in [0.25, 0.3) is 0 Å². The van der Waals surface area contributed by atoms with Crippen LogP contribution in [0.5, 0.6) is 0 Å². The van der Waals surface area contributed by atoms with Crippen LogP contribution in [0, 0.1) is 22.7 Å². The van der Waals surface area contributed by atoms with Crippen molar-refractivity contribution in [3.05, 3.63) is 65.7 Å². The van der Waals surface area contributed by atoms with Gasteiger partial charge in [0.05, 0.1) is 5.69 Å². The summed E-state index contributed by atoms with van der Waals surface area (Å²) in [5, 5.41) is 21.4. The second-order valence-corrected chi connectivity index (χ2v) is 5.24. The lowest BCUT2D eigenvalue weighted by Gasteiger charge is -2.22. The molecule has 0 radical (unpaired) electrons. The molecule has 2 aromatic rings. The van der Waals surface area contributed by atoms with E-state index in [1.807, 2.05) is 42.5 Å². The lowest BCUT2D eigenvalue weighted by molar-refractivity contribution is 0.272. The third-order valence-electron chi connectivity index (χ3n) is 3.61. The fourth-order valence-corrected chi connectivity index (χ4v) is 2.32. The minimum atomic E-state index is -0.193. The van der Waals surface area contributed by atoms with Crippen molar-refractivity contribution in [1.82, 2.24) is 4.90 Å². The molecule has 0 atom stereocenters. The number of nitriles is 2. The minimum Gasteiger partial charge on any atom is -0.295 e. The van der Waals surface area contributed by atoms with Crippen LogP contribution >= 0.6 is 0 Å². The second-order valence-electron chi connectivity index (χ2n) is 5.24. The topological polar surface area (TPSA) is 75.2 Å². The zero-order valence-corrected chi connectivity index (χ0v) is 13.6. The summed E-state index contributed by atoms with van der Waals surface area (Å²) in [5.41, 5.74) is 5.76. The third kappa shape index (κ3) is 4.95. The maximum atomic E-state index is 8.77. The first-order valence-electron chi connectivity index (χ1n) is 7.75. The Bertz CT molecular complexity index is 752. The summed E-state index contributed by atoms with van der Waals surface area (Å²) in [6, 6.07) is 21.6. The standard InChI is InChI=1S/C19H19N5/c1-2-24(14-16-8-4-3-5-9-16)15-17-10-6-7-11-19(17)23-22-18(12-20)13-21/h3-11,23H,2,14-15H2,1H3. The number of para-hydroxylation sites is 1. The van der Waals surface area contributed by atoms with Gasteiger partial charge in [-0.25, -0.2) is 0 Å². The van der Waals surface area contributed by atoms with E-state index in [9.17, 15) is 0 Å². The van der Waals surface area contributed by atoms with Crippen LogP contribution < -0.4 is 5.43 Å². The summed E-state index contributed by atoms with van der Waals surface area (Å²) in [4.78, 5) is 2.31. The van der Waals surface area contributed by atoms with Crippen molar-refractivity contribution < 1.29 is 0 Å². The van der Waals surface area contributed by atoms with Crippen LogP contribution in [0.25, 0.3) is 0 Å². The molecule has 0 saturated heterocycles. The maximum absolute atomic E-state index is 8.77. The molecule has 0 aromatic heterocycles. The molecule has 2 rings (SSSR count). The minimum absolute atomic E-state index is 0.193. The van der Waals surface area contributed by atoms with Crippen molar-refractivity contribution in [3.8, 4) is 12.1 Å². The first-order chi connectivity index (χ1) is 11.8. The molecular formula is C19H19N5. The van der Waals surface area contributed by atoms with Crippen LogP contribution in [0.2, 0.25) is 0 Å². The molecule has 0 amide bonds. The first kappa shape index (κ1) is 17.2. The van der Waals surface area contributed by atoms with Crippen LogP contribution in [-0.2, 0) is 13.1 Å². The van der Waals surface area contributed by atoms with Crippen molar-refractivity contribution >= 4 is 11.4 Å². The summed E-state index contributed by atoms with van der Waals surface area (Å²) in [6.07, 6.45) is 0. The van der Waals surface area contributed by atoms with Crippen molar-refractivity contribution in [2.24, 2.45) is 5.10 Å². The summed E-state index contributed by atoms with van der Waals surface area (Å²) < 4.78 is 0. The highest BCUT2D eigenvalue weighted by molar-refractivity contribution is 6.10. The van der Waals surface area contributed by atoms with Crippen LogP contribution in [0.3, 0.4) is 0 Å². The zero-order chi connectivity index (χ0) is 17.2. The maximum Gasteiger partial charge on any atom is 0.237 e. The van der Waals surface area contributed by atoms with E-state index in [0.717, 1.165) is 30.9 Å². The average Bonchev–Trinajstić information content (AvgIpc) is 2.64. The lowest BCUT2D eigenvalue weighted by atomic mass is 10.1. The zero-order valence-electron chi connectivity index (χ0n) is 13.6. The number of benzene rings is 2. The average molecular weight is 317 g/mol. The predicted octanol–water partition coefficient (Wildman–Crippen LogP) is 3.52. The van der Waals surface area contributed by atoms with E-state index in [1.165, 1.54) is 5.56 Å². The first-order valence-corrected chi connectivity index (χ1v) is 7.75. The molecule has 0 saturated carbocycles. The fraction of sp³-hybridized carbons (Fsp3) is 0.211. The lowest BCUT2D eigenvalue weighted by Crippen LogP contribution is -2.22. The van der Waals surface area contributed by atoms with E-state index in [-0.39, 0.29) is 5.71 Å². The summed E-state index contributed by atoms with van der Waals surface area (Å²) >= 11 is 0. The van der Waals surface area contributed by atoms with Gasteiger partial charge in [-0.3, -0.25) is 10.3 Å².